The van der Waals surface area contributed by atoms with Crippen LogP contribution in [0.15, 0.2) is 36.4 Å². The fourth-order valence-corrected chi connectivity index (χ4v) is 3.03. The molecule has 2 N–H and O–H groups in total. The summed E-state index contributed by atoms with van der Waals surface area (Å²) in [5, 5.41) is 1.32. The molecule has 0 radical (unpaired) electrons. The zero-order valence-electron chi connectivity index (χ0n) is 12.9. The number of ether oxygens (including phenoxy) is 1. The number of nitrogens with two attached hydrogens (primary N) is 1. The van der Waals surface area contributed by atoms with Gasteiger partial charge in [-0.3, -0.25) is 0 Å². The number of benzene rings is 2. The fraction of sp³-hybridized carbons (Fsp3) is 0.333. The lowest BCUT2D eigenvalue weighted by Crippen LogP contribution is -2.16. The number of hydrogen-bond donors (Lipinski definition) is 1. The molecule has 2 nitrogen and oxygen atoms in total. The Balaban J connectivity index is 2.33. The summed E-state index contributed by atoms with van der Waals surface area (Å²) >= 11 is 12.3. The normalized spacial score (nSPS) is 12.2. The predicted molar refractivity (Wildman–Crippen MR) is 94.3 cm³/mol. The van der Waals surface area contributed by atoms with E-state index >= 15 is 0 Å². The van der Waals surface area contributed by atoms with Crippen molar-refractivity contribution in [3.63, 3.8) is 0 Å². The van der Waals surface area contributed by atoms with Gasteiger partial charge < -0.3 is 10.5 Å². The van der Waals surface area contributed by atoms with Crippen LogP contribution >= 0.6 is 23.2 Å². The van der Waals surface area contributed by atoms with Crippen LogP contribution in [0.2, 0.25) is 10.0 Å². The van der Waals surface area contributed by atoms with E-state index in [1.165, 1.54) is 5.56 Å². The highest BCUT2D eigenvalue weighted by Gasteiger charge is 2.17. The van der Waals surface area contributed by atoms with Crippen LogP contribution in [0.5, 0.6) is 5.75 Å². The maximum Gasteiger partial charge on any atom is 0.122 e. The van der Waals surface area contributed by atoms with Gasteiger partial charge in [0.1, 0.15) is 5.75 Å². The summed E-state index contributed by atoms with van der Waals surface area (Å²) in [6, 6.07) is 11.8. The van der Waals surface area contributed by atoms with Crippen molar-refractivity contribution in [2.24, 2.45) is 5.73 Å². The second-order valence-corrected chi connectivity index (χ2v) is 6.19. The van der Waals surface area contributed by atoms with Gasteiger partial charge >= 0.3 is 0 Å². The molecule has 2 aromatic rings. The highest BCUT2D eigenvalue weighted by molar-refractivity contribution is 6.35. The lowest BCUT2D eigenvalue weighted by Gasteiger charge is -2.20. The molecular formula is C18H21Cl2NO. The number of aryl methyl sites for hydroxylation is 1. The van der Waals surface area contributed by atoms with Gasteiger partial charge in [-0.25, -0.2) is 0 Å². The van der Waals surface area contributed by atoms with Gasteiger partial charge in [-0.1, -0.05) is 47.0 Å². The van der Waals surface area contributed by atoms with E-state index in [1.807, 2.05) is 25.1 Å². The van der Waals surface area contributed by atoms with Gasteiger partial charge in [0.25, 0.3) is 0 Å². The van der Waals surface area contributed by atoms with E-state index in [0.29, 0.717) is 23.2 Å². The number of hydrogen-bond acceptors (Lipinski definition) is 2. The first-order valence-corrected chi connectivity index (χ1v) is 8.18. The Morgan fingerprint density at radius 2 is 1.91 bits per heavy atom. The van der Waals surface area contributed by atoms with Crippen molar-refractivity contribution in [3.05, 3.63) is 63.1 Å². The van der Waals surface area contributed by atoms with E-state index in [4.69, 9.17) is 33.7 Å². The summed E-state index contributed by atoms with van der Waals surface area (Å²) < 4.78 is 5.75. The van der Waals surface area contributed by atoms with Gasteiger partial charge in [-0.2, -0.15) is 0 Å². The largest absolute Gasteiger partial charge is 0.494 e. The third-order valence-electron chi connectivity index (χ3n) is 3.67. The molecule has 0 bridgehead atoms. The first-order valence-electron chi connectivity index (χ1n) is 7.42. The van der Waals surface area contributed by atoms with Crippen LogP contribution in [0.1, 0.15) is 29.5 Å². The molecule has 0 aliphatic rings. The molecule has 4 heteroatoms. The summed E-state index contributed by atoms with van der Waals surface area (Å²) in [5.74, 6) is 1.05. The van der Waals surface area contributed by atoms with Crippen LogP contribution in [0.3, 0.4) is 0 Å². The monoisotopic (exact) mass is 337 g/mol. The first kappa shape index (κ1) is 17.1. The Kier molecular flexibility index (Phi) is 6.13. The molecule has 2 rings (SSSR count). The SMILES string of the molecule is CCOc1ccc(C)cc1C(CN)Cc1ccc(Cl)cc1Cl. The second-order valence-electron chi connectivity index (χ2n) is 5.35. The van der Waals surface area contributed by atoms with Crippen molar-refractivity contribution in [2.45, 2.75) is 26.2 Å². The second kappa shape index (κ2) is 7.87. The summed E-state index contributed by atoms with van der Waals surface area (Å²) in [7, 11) is 0. The Labute approximate surface area is 142 Å². The molecule has 0 aliphatic carbocycles. The molecule has 0 fully saturated rings. The molecule has 0 aliphatic heterocycles. The van der Waals surface area contributed by atoms with Gasteiger partial charge in [-0.15, -0.1) is 0 Å². The lowest BCUT2D eigenvalue weighted by atomic mass is 9.90. The minimum atomic E-state index is 0.153. The summed E-state index contributed by atoms with van der Waals surface area (Å²) in [5.41, 5.74) is 9.40. The molecule has 0 aromatic heterocycles. The zero-order valence-corrected chi connectivity index (χ0v) is 14.4. The Hall–Kier alpha value is -1.22. The van der Waals surface area contributed by atoms with E-state index < -0.39 is 0 Å². The van der Waals surface area contributed by atoms with Crippen molar-refractivity contribution in [1.29, 1.82) is 0 Å². The van der Waals surface area contributed by atoms with Gasteiger partial charge in [0.2, 0.25) is 0 Å². The third kappa shape index (κ3) is 4.16. The Morgan fingerprint density at radius 3 is 2.55 bits per heavy atom. The van der Waals surface area contributed by atoms with Crippen LogP contribution in [0, 0.1) is 6.92 Å². The van der Waals surface area contributed by atoms with Crippen LogP contribution < -0.4 is 10.5 Å². The zero-order chi connectivity index (χ0) is 16.1. The maximum absolute atomic E-state index is 6.29. The lowest BCUT2D eigenvalue weighted by molar-refractivity contribution is 0.334. The van der Waals surface area contributed by atoms with Gasteiger partial charge in [0.15, 0.2) is 0 Å². The van der Waals surface area contributed by atoms with Crippen LogP contribution in [-0.2, 0) is 6.42 Å². The van der Waals surface area contributed by atoms with Crippen molar-refractivity contribution < 1.29 is 4.74 Å². The van der Waals surface area contributed by atoms with E-state index in [9.17, 15) is 0 Å². The Morgan fingerprint density at radius 1 is 1.14 bits per heavy atom. The van der Waals surface area contributed by atoms with E-state index in [-0.39, 0.29) is 5.92 Å². The molecule has 0 heterocycles. The summed E-state index contributed by atoms with van der Waals surface area (Å²) in [4.78, 5) is 0. The highest BCUT2D eigenvalue weighted by Crippen LogP contribution is 2.32. The van der Waals surface area contributed by atoms with Gasteiger partial charge in [0.05, 0.1) is 6.61 Å². The number of halogens is 2. The summed E-state index contributed by atoms with van der Waals surface area (Å²) in [6.07, 6.45) is 0.760. The number of rotatable bonds is 6. The maximum atomic E-state index is 6.29. The van der Waals surface area contributed by atoms with Gasteiger partial charge in [0, 0.05) is 16.0 Å². The van der Waals surface area contributed by atoms with Crippen molar-refractivity contribution in [3.8, 4) is 5.75 Å². The third-order valence-corrected chi connectivity index (χ3v) is 4.26. The van der Waals surface area contributed by atoms with Gasteiger partial charge in [-0.05, 0) is 56.1 Å². The minimum absolute atomic E-state index is 0.153. The molecule has 0 saturated carbocycles. The van der Waals surface area contributed by atoms with Crippen LogP contribution in [-0.4, -0.2) is 13.2 Å². The van der Waals surface area contributed by atoms with Crippen LogP contribution in [0.4, 0.5) is 0 Å². The van der Waals surface area contributed by atoms with Crippen molar-refractivity contribution >= 4 is 23.2 Å². The molecule has 0 spiro atoms. The van der Waals surface area contributed by atoms with Crippen molar-refractivity contribution in [1.82, 2.24) is 0 Å². The molecule has 2 aromatic carbocycles. The highest BCUT2D eigenvalue weighted by atomic mass is 35.5. The van der Waals surface area contributed by atoms with E-state index in [2.05, 4.69) is 19.1 Å². The predicted octanol–water partition coefficient (Wildman–Crippen LogP) is 4.99. The quantitative estimate of drug-likeness (QED) is 0.806. The Bertz CT molecular complexity index is 643. The molecule has 0 saturated heterocycles. The van der Waals surface area contributed by atoms with E-state index in [1.54, 1.807) is 6.07 Å². The molecule has 1 unspecified atom stereocenters. The smallest absolute Gasteiger partial charge is 0.122 e. The van der Waals surface area contributed by atoms with Crippen LogP contribution in [0.25, 0.3) is 0 Å². The minimum Gasteiger partial charge on any atom is -0.494 e. The summed E-state index contributed by atoms with van der Waals surface area (Å²) in [6.45, 7) is 5.22. The first-order chi connectivity index (χ1) is 10.5. The molecule has 118 valence electrons. The average Bonchev–Trinajstić information content (AvgIpc) is 2.49. The fourth-order valence-electron chi connectivity index (χ4n) is 2.55. The molecular weight excluding hydrogens is 317 g/mol. The van der Waals surface area contributed by atoms with E-state index in [0.717, 1.165) is 23.3 Å². The standard InChI is InChI=1S/C18H21Cl2NO/c1-3-22-18-7-4-12(2)8-16(18)14(11-21)9-13-5-6-15(19)10-17(13)20/h4-8,10,14H,3,9,11,21H2,1-2H3. The van der Waals surface area contributed by atoms with Crippen molar-refractivity contribution in [2.75, 3.05) is 13.2 Å². The average molecular weight is 338 g/mol. The topological polar surface area (TPSA) is 35.2 Å². The molecule has 1 atom stereocenters. The molecule has 0 amide bonds. The molecule has 22 heavy (non-hydrogen) atoms.